The Labute approximate surface area is 112 Å². The summed E-state index contributed by atoms with van der Waals surface area (Å²) in [6.07, 6.45) is -0.114. The zero-order valence-corrected chi connectivity index (χ0v) is 11.0. The smallest absolute Gasteiger partial charge is 0.230 e. The largest absolute Gasteiger partial charge is 0.544 e. The van der Waals surface area contributed by atoms with Crippen molar-refractivity contribution in [3.63, 3.8) is 0 Å². The van der Waals surface area contributed by atoms with Gasteiger partial charge in [-0.3, -0.25) is 4.79 Å². The van der Waals surface area contributed by atoms with Crippen LogP contribution in [0.2, 0.25) is 0 Å². The molecule has 0 bridgehead atoms. The van der Waals surface area contributed by atoms with Gasteiger partial charge in [0.1, 0.15) is 19.1 Å². The average molecular weight is 266 g/mol. The first-order chi connectivity index (χ1) is 9.04. The highest BCUT2D eigenvalue weighted by molar-refractivity contribution is 5.93. The summed E-state index contributed by atoms with van der Waals surface area (Å²) in [6, 6.07) is 6.47. The molecule has 6 heteroatoms. The number of carbonyl (C=O) groups excluding carboxylic acids is 2. The zero-order chi connectivity index (χ0) is 14.3. The molecule has 0 aliphatic rings. The molecule has 6 N–H and O–H groups in total. The molecule has 104 valence electrons. The van der Waals surface area contributed by atoms with Crippen LogP contribution in [0.5, 0.6) is 0 Å². The van der Waals surface area contributed by atoms with E-state index in [2.05, 4.69) is 11.1 Å². The van der Waals surface area contributed by atoms with Crippen molar-refractivity contribution < 1.29 is 25.7 Å². The third-order valence-electron chi connectivity index (χ3n) is 2.78. The van der Waals surface area contributed by atoms with Gasteiger partial charge in [0.15, 0.2) is 0 Å². The second kappa shape index (κ2) is 7.50. The number of para-hydroxylation sites is 1. The number of carboxylic acid groups (broad SMARTS) is 1. The summed E-state index contributed by atoms with van der Waals surface area (Å²) in [7, 11) is 0. The highest BCUT2D eigenvalue weighted by atomic mass is 16.4. The first-order valence-electron chi connectivity index (χ1n) is 6.23. The van der Waals surface area contributed by atoms with Gasteiger partial charge in [0, 0.05) is 5.69 Å². The van der Waals surface area contributed by atoms with Gasteiger partial charge in [-0.2, -0.15) is 0 Å². The van der Waals surface area contributed by atoms with E-state index in [1.165, 1.54) is 0 Å². The van der Waals surface area contributed by atoms with E-state index in [1.807, 2.05) is 25.1 Å². The summed E-state index contributed by atoms with van der Waals surface area (Å²) >= 11 is 0. The molecule has 19 heavy (non-hydrogen) atoms. The number of aliphatic carboxylic acids is 1. The van der Waals surface area contributed by atoms with E-state index < -0.39 is 12.0 Å². The van der Waals surface area contributed by atoms with E-state index in [0.29, 0.717) is 18.8 Å². The van der Waals surface area contributed by atoms with Crippen LogP contribution in [0.15, 0.2) is 24.3 Å². The van der Waals surface area contributed by atoms with E-state index in [1.54, 1.807) is 11.4 Å². The molecule has 0 saturated heterocycles. The van der Waals surface area contributed by atoms with Crippen molar-refractivity contribution in [3.8, 4) is 0 Å². The highest BCUT2D eigenvalue weighted by Gasteiger charge is 2.18. The quantitative estimate of drug-likeness (QED) is 0.497. The summed E-state index contributed by atoms with van der Waals surface area (Å²) in [5.41, 5.74) is 5.26. The fourth-order valence-electron chi connectivity index (χ4n) is 1.70. The molecule has 6 nitrogen and oxygen atoms in total. The van der Waals surface area contributed by atoms with Crippen LogP contribution in [-0.2, 0) is 9.59 Å². The lowest BCUT2D eigenvalue weighted by Crippen LogP contribution is -2.95. The number of benzene rings is 1. The lowest BCUT2D eigenvalue weighted by atomic mass is 10.1. The number of carboxylic acids is 1. The van der Waals surface area contributed by atoms with E-state index in [-0.39, 0.29) is 12.3 Å². The molecule has 0 saturated carbocycles. The minimum Gasteiger partial charge on any atom is -0.544 e. The Hall–Kier alpha value is -1.92. The van der Waals surface area contributed by atoms with Crippen LogP contribution < -0.4 is 21.5 Å². The third-order valence-corrected chi connectivity index (χ3v) is 2.78. The Kier molecular flexibility index (Phi) is 5.98. The van der Waals surface area contributed by atoms with Gasteiger partial charge in [-0.25, -0.2) is 0 Å². The number of carbonyl (C=O) groups is 2. The number of nitrogens with one attached hydrogen (secondary N) is 1. The van der Waals surface area contributed by atoms with Crippen molar-refractivity contribution in [3.05, 3.63) is 29.8 Å². The van der Waals surface area contributed by atoms with Gasteiger partial charge in [0.25, 0.3) is 0 Å². The van der Waals surface area contributed by atoms with Crippen LogP contribution in [0.1, 0.15) is 12.0 Å². The van der Waals surface area contributed by atoms with Crippen LogP contribution in [0.25, 0.3) is 0 Å². The minimum absolute atomic E-state index is 0.114. The van der Waals surface area contributed by atoms with Gasteiger partial charge < -0.3 is 26.3 Å². The van der Waals surface area contributed by atoms with Crippen molar-refractivity contribution in [2.45, 2.75) is 19.4 Å². The zero-order valence-electron chi connectivity index (χ0n) is 11.0. The molecule has 0 unspecified atom stereocenters. The van der Waals surface area contributed by atoms with Gasteiger partial charge >= 0.3 is 0 Å². The monoisotopic (exact) mass is 266 g/mol. The van der Waals surface area contributed by atoms with E-state index in [4.69, 9.17) is 0 Å². The molecule has 1 amide bonds. The molecule has 1 rings (SSSR count). The van der Waals surface area contributed by atoms with E-state index in [0.717, 1.165) is 5.56 Å². The molecular formula is C13H20N3O3+. The Morgan fingerprint density at radius 1 is 1.42 bits per heavy atom. The summed E-state index contributed by atoms with van der Waals surface area (Å²) < 4.78 is 0. The second-order valence-corrected chi connectivity index (χ2v) is 4.37. The maximum atomic E-state index is 11.8. The maximum absolute atomic E-state index is 11.8. The maximum Gasteiger partial charge on any atom is 0.230 e. The summed E-state index contributed by atoms with van der Waals surface area (Å²) in [5, 5.41) is 15.2. The molecule has 1 aromatic rings. The van der Waals surface area contributed by atoms with Gasteiger partial charge in [0.2, 0.25) is 5.91 Å². The first kappa shape index (κ1) is 15.1. The van der Waals surface area contributed by atoms with Gasteiger partial charge in [0.05, 0.1) is 12.4 Å². The Balaban J connectivity index is 2.58. The van der Waals surface area contributed by atoms with Crippen LogP contribution in [-0.4, -0.2) is 31.0 Å². The topological polar surface area (TPSA) is 113 Å². The summed E-state index contributed by atoms with van der Waals surface area (Å²) in [6.45, 7) is 3.03. The van der Waals surface area contributed by atoms with E-state index >= 15 is 0 Å². The molecule has 0 aliphatic heterocycles. The Bertz CT molecular complexity index is 449. The normalized spacial score (nSPS) is 11.9. The third kappa shape index (κ3) is 5.07. The fourth-order valence-corrected chi connectivity index (χ4v) is 1.70. The van der Waals surface area contributed by atoms with Crippen molar-refractivity contribution >= 4 is 17.6 Å². The minimum atomic E-state index is -1.23. The van der Waals surface area contributed by atoms with Crippen molar-refractivity contribution in [1.82, 2.24) is 0 Å². The number of nitrogens with two attached hydrogens (primary N) is 1. The lowest BCUT2D eigenvalue weighted by molar-refractivity contribution is -0.695. The van der Waals surface area contributed by atoms with Crippen LogP contribution in [0.3, 0.4) is 0 Å². The number of aryl methyl sites for hydroxylation is 1. The van der Waals surface area contributed by atoms with Gasteiger partial charge in [-0.15, -0.1) is 0 Å². The standard InChI is InChI=1S/C13H19N3O3/c1-9-4-2-3-5-10(9)16-12(17)8-11(13(18)19)15-7-6-14/h2-5,11,15H,6-8,14H2,1H3,(H,16,17)(H,18,19)/p+1/t11-/m1/s1. The van der Waals surface area contributed by atoms with Crippen molar-refractivity contribution in [1.29, 1.82) is 0 Å². The molecule has 0 spiro atoms. The van der Waals surface area contributed by atoms with Crippen LogP contribution in [0.4, 0.5) is 5.69 Å². The molecule has 0 aromatic heterocycles. The molecule has 0 aliphatic carbocycles. The average Bonchev–Trinajstić information content (AvgIpc) is 2.37. The fraction of sp³-hybridized carbons (Fsp3) is 0.385. The summed E-state index contributed by atoms with van der Waals surface area (Å²) in [4.78, 5) is 22.7. The molecule has 0 fully saturated rings. The van der Waals surface area contributed by atoms with E-state index in [9.17, 15) is 14.7 Å². The predicted molar refractivity (Wildman–Crippen MR) is 67.8 cm³/mol. The number of hydrogen-bond donors (Lipinski definition) is 3. The first-order valence-corrected chi connectivity index (χ1v) is 6.23. The van der Waals surface area contributed by atoms with Crippen molar-refractivity contribution in [2.75, 3.05) is 18.4 Å². The Morgan fingerprint density at radius 3 is 2.68 bits per heavy atom. The van der Waals surface area contributed by atoms with Gasteiger partial charge in [-0.05, 0) is 18.6 Å². The Morgan fingerprint density at radius 2 is 2.11 bits per heavy atom. The predicted octanol–water partition coefficient (Wildman–Crippen LogP) is -2.75. The highest BCUT2D eigenvalue weighted by Crippen LogP contribution is 2.13. The number of quaternary nitrogens is 2. The molecule has 0 heterocycles. The van der Waals surface area contributed by atoms with Crippen LogP contribution >= 0.6 is 0 Å². The number of amides is 1. The summed E-state index contributed by atoms with van der Waals surface area (Å²) in [5.74, 6) is -1.56. The van der Waals surface area contributed by atoms with Crippen molar-refractivity contribution in [2.24, 2.45) is 0 Å². The number of hydrogen-bond acceptors (Lipinski definition) is 3. The van der Waals surface area contributed by atoms with Crippen LogP contribution in [0, 0.1) is 6.92 Å². The molecule has 1 aromatic carbocycles. The SMILES string of the molecule is Cc1ccccc1NC(=O)C[C@@H]([NH2+]CC[NH3+])C(=O)[O-]. The molecule has 0 radical (unpaired) electrons. The second-order valence-electron chi connectivity index (χ2n) is 4.37. The number of rotatable bonds is 7. The molecule has 1 atom stereocenters. The van der Waals surface area contributed by atoms with Gasteiger partial charge in [-0.1, -0.05) is 18.2 Å². The number of anilines is 1. The lowest BCUT2D eigenvalue weighted by Gasteiger charge is -2.16. The molecular weight excluding hydrogens is 246 g/mol.